The highest BCUT2D eigenvalue weighted by Crippen LogP contribution is 2.45. The Hall–Kier alpha value is -2.57. The van der Waals surface area contributed by atoms with Crippen molar-refractivity contribution < 1.29 is 18.6 Å². The first kappa shape index (κ1) is 20.3. The summed E-state index contributed by atoms with van der Waals surface area (Å²) in [6.07, 6.45) is 0.861. The van der Waals surface area contributed by atoms with Crippen LogP contribution in [0.4, 0.5) is 4.39 Å². The third-order valence-corrected chi connectivity index (χ3v) is 6.51. The number of halogens is 1. The minimum Gasteiger partial charge on any atom is -0.496 e. The maximum absolute atomic E-state index is 15.3. The number of aromatic amines is 1. The zero-order valence-corrected chi connectivity index (χ0v) is 18.3. The monoisotopic (exact) mass is 424 g/mol. The van der Waals surface area contributed by atoms with Crippen LogP contribution in [0.1, 0.15) is 36.7 Å². The van der Waals surface area contributed by atoms with Gasteiger partial charge >= 0.3 is 0 Å². The van der Waals surface area contributed by atoms with Crippen LogP contribution >= 0.6 is 0 Å². The zero-order valence-electron chi connectivity index (χ0n) is 18.3. The Bertz CT molecular complexity index is 1090. The summed E-state index contributed by atoms with van der Waals surface area (Å²) in [5.74, 6) is 1.56. The normalized spacial score (nSPS) is 22.7. The van der Waals surface area contributed by atoms with Gasteiger partial charge in [-0.05, 0) is 50.1 Å². The van der Waals surface area contributed by atoms with Crippen LogP contribution in [0.15, 0.2) is 42.5 Å². The molecule has 0 spiro atoms. The number of para-hydroxylation sites is 1. The molecule has 164 valence electrons. The van der Waals surface area contributed by atoms with E-state index in [0.717, 1.165) is 34.7 Å². The topological polar surface area (TPSA) is 46.7 Å². The summed E-state index contributed by atoms with van der Waals surface area (Å²) in [4.78, 5) is 5.91. The number of alkyl halides is 1. The van der Waals surface area contributed by atoms with E-state index in [0.29, 0.717) is 13.2 Å². The van der Waals surface area contributed by atoms with Crippen LogP contribution in [-0.2, 0) is 11.2 Å². The number of H-pyrrole nitrogens is 1. The lowest BCUT2D eigenvalue weighted by Crippen LogP contribution is -2.57. The second-order valence-corrected chi connectivity index (χ2v) is 8.67. The number of ether oxygens (including phenoxy) is 3. The molecule has 2 aromatic carbocycles. The van der Waals surface area contributed by atoms with Crippen LogP contribution in [0, 0.1) is 0 Å². The maximum atomic E-state index is 15.3. The van der Waals surface area contributed by atoms with Gasteiger partial charge in [-0.25, -0.2) is 4.39 Å². The summed E-state index contributed by atoms with van der Waals surface area (Å²) >= 11 is 0. The van der Waals surface area contributed by atoms with Crippen molar-refractivity contribution in [1.29, 1.82) is 0 Å². The van der Waals surface area contributed by atoms with Crippen LogP contribution in [0.3, 0.4) is 0 Å². The molecule has 1 saturated heterocycles. The predicted molar refractivity (Wildman–Crippen MR) is 119 cm³/mol. The maximum Gasteiger partial charge on any atom is 0.169 e. The van der Waals surface area contributed by atoms with Gasteiger partial charge in [0.2, 0.25) is 0 Å². The lowest BCUT2D eigenvalue weighted by Gasteiger charge is -2.46. The molecule has 5 rings (SSSR count). The van der Waals surface area contributed by atoms with E-state index in [1.54, 1.807) is 7.11 Å². The number of hydrogen-bond acceptors (Lipinski definition) is 4. The van der Waals surface area contributed by atoms with E-state index < -0.39 is 5.67 Å². The van der Waals surface area contributed by atoms with E-state index in [2.05, 4.69) is 35.0 Å². The van der Waals surface area contributed by atoms with Gasteiger partial charge in [0.15, 0.2) is 5.67 Å². The van der Waals surface area contributed by atoms with Crippen LogP contribution < -0.4 is 9.47 Å². The quantitative estimate of drug-likeness (QED) is 0.626. The van der Waals surface area contributed by atoms with Gasteiger partial charge in [-0.3, -0.25) is 4.90 Å². The van der Waals surface area contributed by atoms with Crippen molar-refractivity contribution in [3.8, 4) is 11.5 Å². The van der Waals surface area contributed by atoms with E-state index in [-0.39, 0.29) is 25.3 Å². The molecule has 0 unspecified atom stereocenters. The summed E-state index contributed by atoms with van der Waals surface area (Å²) in [6.45, 7) is 5.35. The number of fused-ring (bicyclic) bond motifs is 3. The van der Waals surface area contributed by atoms with Gasteiger partial charge in [0.05, 0.1) is 33.0 Å². The van der Waals surface area contributed by atoms with Gasteiger partial charge < -0.3 is 19.2 Å². The highest BCUT2D eigenvalue weighted by Gasteiger charge is 2.46. The molecule has 0 saturated carbocycles. The number of aromatic nitrogens is 1. The molecule has 1 aromatic heterocycles. The van der Waals surface area contributed by atoms with Gasteiger partial charge in [0, 0.05) is 34.7 Å². The average molecular weight is 425 g/mol. The van der Waals surface area contributed by atoms with E-state index >= 15 is 4.39 Å². The van der Waals surface area contributed by atoms with Crippen LogP contribution in [0.5, 0.6) is 11.5 Å². The Labute approximate surface area is 182 Å². The lowest BCUT2D eigenvalue weighted by atomic mass is 9.86. The molecule has 6 heteroatoms. The van der Waals surface area contributed by atoms with Crippen LogP contribution in [-0.4, -0.2) is 55.1 Å². The molecule has 0 aliphatic carbocycles. The van der Waals surface area contributed by atoms with Gasteiger partial charge in [0.1, 0.15) is 11.5 Å². The standard InChI is InChI=1S/C25H29FN2O3/c1-4-31-17-9-10-22(29-3)20(12-17)24-23-19(18-7-5-6-8-21(18)27-23)11-16(2)28(24)13-25(26)14-30-15-25/h5-10,12,16,24,27H,4,11,13-15H2,1-3H3/t16-,24-/m1/s1. The first-order chi connectivity index (χ1) is 15.0. The number of benzene rings is 2. The molecule has 5 nitrogen and oxygen atoms in total. The molecular weight excluding hydrogens is 395 g/mol. The lowest BCUT2D eigenvalue weighted by molar-refractivity contribution is -0.147. The minimum atomic E-state index is -1.32. The number of nitrogens with one attached hydrogen (secondary N) is 1. The zero-order chi connectivity index (χ0) is 21.6. The van der Waals surface area contributed by atoms with E-state index in [1.165, 1.54) is 10.9 Å². The fourth-order valence-electron chi connectivity index (χ4n) is 5.01. The summed E-state index contributed by atoms with van der Waals surface area (Å²) in [6, 6.07) is 14.3. The molecule has 0 bridgehead atoms. The fraction of sp³-hybridized carbons (Fsp3) is 0.440. The molecule has 2 atom stereocenters. The Kier molecular flexibility index (Phi) is 5.15. The van der Waals surface area contributed by atoms with Gasteiger partial charge in [-0.2, -0.15) is 0 Å². The molecule has 3 heterocycles. The van der Waals surface area contributed by atoms with E-state index in [1.807, 2.05) is 31.2 Å². The second kappa shape index (κ2) is 7.84. The van der Waals surface area contributed by atoms with Gasteiger partial charge in [0.25, 0.3) is 0 Å². The van der Waals surface area contributed by atoms with Crippen molar-refractivity contribution in [1.82, 2.24) is 9.88 Å². The fourth-order valence-corrected chi connectivity index (χ4v) is 5.01. The average Bonchev–Trinajstić information content (AvgIpc) is 3.11. The molecular formula is C25H29FN2O3. The molecule has 1 fully saturated rings. The van der Waals surface area contributed by atoms with Gasteiger partial charge in [-0.1, -0.05) is 18.2 Å². The molecule has 1 N–H and O–H groups in total. The highest BCUT2D eigenvalue weighted by atomic mass is 19.1. The SMILES string of the molecule is CCOc1ccc(OC)c([C@@H]2c3[nH]c4ccccc4c3C[C@@H](C)N2CC2(F)COC2)c1. The first-order valence-corrected chi connectivity index (χ1v) is 11.0. The molecule has 0 radical (unpaired) electrons. The Balaban J connectivity index is 1.69. The summed E-state index contributed by atoms with van der Waals surface area (Å²) in [5, 5.41) is 1.23. The second-order valence-electron chi connectivity index (χ2n) is 8.67. The van der Waals surface area contributed by atoms with Crippen molar-refractivity contribution in [3.63, 3.8) is 0 Å². The summed E-state index contributed by atoms with van der Waals surface area (Å²) in [7, 11) is 1.68. The van der Waals surface area contributed by atoms with E-state index in [4.69, 9.17) is 14.2 Å². The van der Waals surface area contributed by atoms with Crippen molar-refractivity contribution in [3.05, 3.63) is 59.3 Å². The number of hydrogen-bond donors (Lipinski definition) is 1. The largest absolute Gasteiger partial charge is 0.496 e. The summed E-state index contributed by atoms with van der Waals surface area (Å²) in [5.41, 5.74) is 3.17. The van der Waals surface area contributed by atoms with Crippen LogP contribution in [0.2, 0.25) is 0 Å². The molecule has 2 aliphatic heterocycles. The van der Waals surface area contributed by atoms with Crippen molar-refractivity contribution >= 4 is 10.9 Å². The number of nitrogens with zero attached hydrogens (tertiary/aromatic N) is 1. The molecule has 2 aliphatic rings. The van der Waals surface area contributed by atoms with Gasteiger partial charge in [-0.15, -0.1) is 0 Å². The Morgan fingerprint density at radius 1 is 1.23 bits per heavy atom. The molecule has 3 aromatic rings. The molecule has 0 amide bonds. The predicted octanol–water partition coefficient (Wildman–Crippen LogP) is 4.65. The van der Waals surface area contributed by atoms with E-state index in [9.17, 15) is 0 Å². The smallest absolute Gasteiger partial charge is 0.169 e. The third-order valence-electron chi connectivity index (χ3n) is 6.51. The van der Waals surface area contributed by atoms with Crippen molar-refractivity contribution in [2.45, 2.75) is 38.0 Å². The van der Waals surface area contributed by atoms with Crippen LogP contribution in [0.25, 0.3) is 10.9 Å². The highest BCUT2D eigenvalue weighted by molar-refractivity contribution is 5.85. The van der Waals surface area contributed by atoms with Crippen molar-refractivity contribution in [2.75, 3.05) is 33.5 Å². The Morgan fingerprint density at radius 3 is 2.74 bits per heavy atom. The number of rotatable bonds is 6. The minimum absolute atomic E-state index is 0.151. The third kappa shape index (κ3) is 3.48. The first-order valence-electron chi connectivity index (χ1n) is 11.0. The Morgan fingerprint density at radius 2 is 2.03 bits per heavy atom. The summed E-state index contributed by atoms with van der Waals surface area (Å²) < 4.78 is 32.1. The molecule has 31 heavy (non-hydrogen) atoms. The van der Waals surface area contributed by atoms with Crippen molar-refractivity contribution in [2.24, 2.45) is 0 Å². The number of methoxy groups -OCH3 is 1.